The van der Waals surface area contributed by atoms with Crippen molar-refractivity contribution in [1.82, 2.24) is 15.4 Å². The molecule has 3 N–H and O–H groups in total. The first-order chi connectivity index (χ1) is 14.7. The number of ether oxygens (including phenoxy) is 2. The molecule has 2 amide bonds. The number of methoxy groups -OCH3 is 1. The van der Waals surface area contributed by atoms with Crippen LogP contribution >= 0.6 is 11.3 Å². The summed E-state index contributed by atoms with van der Waals surface area (Å²) in [6.45, 7) is -0.546. The monoisotopic (exact) mass is 479 g/mol. The van der Waals surface area contributed by atoms with Crippen molar-refractivity contribution in [3.8, 4) is 0 Å². The summed E-state index contributed by atoms with van der Waals surface area (Å²) in [7, 11) is 2.54. The van der Waals surface area contributed by atoms with E-state index < -0.39 is 54.5 Å². The number of nitrogens with one attached hydrogen (secondary N) is 1. The number of esters is 1. The Morgan fingerprint density at radius 3 is 2.75 bits per heavy atom. The third-order valence-electron chi connectivity index (χ3n) is 4.48. The Hall–Kier alpha value is -2.30. The summed E-state index contributed by atoms with van der Waals surface area (Å²) in [5.41, 5.74) is 2.93. The summed E-state index contributed by atoms with van der Waals surface area (Å²) < 4.78 is 9.83. The first kappa shape index (κ1) is 26.0. The van der Waals surface area contributed by atoms with Crippen molar-refractivity contribution in [2.45, 2.75) is 18.2 Å². The first-order valence-corrected chi connectivity index (χ1v) is 9.65. The summed E-state index contributed by atoms with van der Waals surface area (Å²) in [5.74, 6) is -5.48. The van der Waals surface area contributed by atoms with Gasteiger partial charge in [-0.1, -0.05) is 5.16 Å². The van der Waals surface area contributed by atoms with Crippen molar-refractivity contribution in [2.75, 3.05) is 33.2 Å². The summed E-state index contributed by atoms with van der Waals surface area (Å²) in [4.78, 5) is 63.0. The number of carbonyl (C=O) groups is 4. The molecule has 16 heteroatoms. The first-order valence-electron chi connectivity index (χ1n) is 8.77. The number of nitrogens with zero attached hydrogens (tertiary/aromatic N) is 3. The van der Waals surface area contributed by atoms with Crippen LogP contribution in [0.3, 0.4) is 0 Å². The van der Waals surface area contributed by atoms with Gasteiger partial charge in [-0.05, 0) is 0 Å². The predicted molar refractivity (Wildman–Crippen MR) is 98.6 cm³/mol. The second-order valence-corrected chi connectivity index (χ2v) is 7.39. The Morgan fingerprint density at radius 2 is 2.19 bits per heavy atom. The fourth-order valence-electron chi connectivity index (χ4n) is 3.10. The van der Waals surface area contributed by atoms with Crippen molar-refractivity contribution < 1.29 is 73.0 Å². The summed E-state index contributed by atoms with van der Waals surface area (Å²) >= 11 is 1.06. The normalized spacial score (nSPS) is 25.3. The molecule has 32 heavy (non-hydrogen) atoms. The third kappa shape index (κ3) is 4.87. The fourth-order valence-corrected chi connectivity index (χ4v) is 3.65. The van der Waals surface area contributed by atoms with Gasteiger partial charge >= 0.3 is 35.5 Å². The molecular formula is C16H18N5NaO9S. The molecule has 3 atom stereocenters. The second-order valence-electron chi connectivity index (χ2n) is 6.50. The molecular weight excluding hydrogens is 461 g/mol. The van der Waals surface area contributed by atoms with E-state index in [4.69, 9.17) is 20.0 Å². The molecule has 1 aromatic rings. The van der Waals surface area contributed by atoms with E-state index >= 15 is 0 Å². The van der Waals surface area contributed by atoms with Crippen LogP contribution in [0.1, 0.15) is 12.1 Å². The number of nitrogens with two attached hydrogens (primary N) is 1. The molecule has 0 aromatic carbocycles. The number of carboxylic acids is 1. The van der Waals surface area contributed by atoms with Crippen molar-refractivity contribution in [2.24, 2.45) is 11.1 Å². The van der Waals surface area contributed by atoms with Gasteiger partial charge in [0.2, 0.25) is 0 Å². The van der Waals surface area contributed by atoms with Gasteiger partial charge in [-0.2, -0.15) is 5.06 Å². The molecule has 2 aliphatic rings. The number of hydrogen-bond donors (Lipinski definition) is 2. The Morgan fingerprint density at radius 1 is 1.47 bits per heavy atom. The number of oxime groups is 1. The predicted octanol–water partition coefficient (Wildman–Crippen LogP) is -6.01. The smallest absolute Gasteiger partial charge is 0.544 e. The van der Waals surface area contributed by atoms with Gasteiger partial charge in [-0.3, -0.25) is 19.2 Å². The number of carboxylic acid groups (broad SMARTS) is 1. The Bertz CT molecular complexity index is 941. The van der Waals surface area contributed by atoms with Crippen molar-refractivity contribution in [3.63, 3.8) is 0 Å². The van der Waals surface area contributed by atoms with Crippen LogP contribution in [0.4, 0.5) is 5.13 Å². The second kappa shape index (κ2) is 10.5. The molecule has 14 nitrogen and oxygen atoms in total. The van der Waals surface area contributed by atoms with Crippen molar-refractivity contribution in [3.05, 3.63) is 11.1 Å². The molecule has 1 aromatic heterocycles. The van der Waals surface area contributed by atoms with Crippen LogP contribution in [0.15, 0.2) is 10.5 Å². The number of hydrogen-bond acceptors (Lipinski definition) is 13. The fraction of sp³-hybridized carbons (Fsp3) is 0.500. The van der Waals surface area contributed by atoms with Crippen LogP contribution < -0.4 is 45.7 Å². The van der Waals surface area contributed by atoms with Gasteiger partial charge in [0.25, 0.3) is 17.5 Å². The molecule has 0 bridgehead atoms. The number of hydroxylamine groups is 2. The molecule has 0 aliphatic carbocycles. The van der Waals surface area contributed by atoms with Crippen LogP contribution in [-0.2, 0) is 38.3 Å². The van der Waals surface area contributed by atoms with Gasteiger partial charge in [-0.25, -0.2) is 4.98 Å². The molecule has 2 saturated heterocycles. The maximum Gasteiger partial charge on any atom is 1.00 e. The number of rotatable bonds is 8. The molecule has 2 fully saturated rings. The molecule has 2 aliphatic heterocycles. The van der Waals surface area contributed by atoms with E-state index in [0.29, 0.717) is 5.06 Å². The van der Waals surface area contributed by atoms with E-state index in [1.54, 1.807) is 0 Å². The molecule has 168 valence electrons. The number of nitrogen functional groups attached to an aromatic ring is 1. The van der Waals surface area contributed by atoms with Crippen molar-refractivity contribution >= 4 is 45.9 Å². The Balaban J connectivity index is 0.00000363. The molecule has 2 unspecified atom stereocenters. The maximum atomic E-state index is 12.8. The summed E-state index contributed by atoms with van der Waals surface area (Å²) in [6.07, 6.45) is -0.442. The van der Waals surface area contributed by atoms with E-state index in [1.807, 2.05) is 0 Å². The van der Waals surface area contributed by atoms with Gasteiger partial charge in [-0.15, -0.1) is 11.3 Å². The topological polar surface area (TPSA) is 195 Å². The minimum Gasteiger partial charge on any atom is -0.544 e. The van der Waals surface area contributed by atoms with Gasteiger partial charge in [0.15, 0.2) is 10.8 Å². The van der Waals surface area contributed by atoms with Crippen LogP contribution in [0, 0.1) is 5.92 Å². The molecule has 0 radical (unpaired) electrons. The number of aliphatic carboxylic acids is 1. The summed E-state index contributed by atoms with van der Waals surface area (Å²) in [5, 5.41) is 19.8. The zero-order valence-electron chi connectivity index (χ0n) is 17.4. The maximum absolute atomic E-state index is 12.8. The average Bonchev–Trinajstić information content (AvgIpc) is 3.39. The quantitative estimate of drug-likeness (QED) is 0.156. The molecule has 3 heterocycles. The number of carbonyl (C=O) groups excluding carboxylic acids is 4. The summed E-state index contributed by atoms with van der Waals surface area (Å²) in [6, 6.07) is -1.30. The number of aromatic nitrogens is 1. The van der Waals surface area contributed by atoms with Crippen LogP contribution in [0.25, 0.3) is 0 Å². The van der Waals surface area contributed by atoms with E-state index in [2.05, 4.69) is 20.3 Å². The SMILES string of the molecule is COCC1CC(C(=O)[O-])(N2OC[C@H](NC(=O)C(=NOC)c3csc(N)n3)C2=O)OC1=O.[Na+]. The molecule has 3 rings (SSSR count). The van der Waals surface area contributed by atoms with Gasteiger partial charge < -0.3 is 35.3 Å². The number of anilines is 1. The third-order valence-corrected chi connectivity index (χ3v) is 5.15. The number of cyclic esters (lactones) is 1. The zero-order valence-corrected chi connectivity index (χ0v) is 20.2. The number of thiazole rings is 1. The van der Waals surface area contributed by atoms with Gasteiger partial charge in [0, 0.05) is 18.9 Å². The largest absolute Gasteiger partial charge is 1.00 e. The van der Waals surface area contributed by atoms with E-state index in [9.17, 15) is 24.3 Å². The Labute approximate surface area is 207 Å². The Kier molecular flexibility index (Phi) is 8.55. The average molecular weight is 479 g/mol. The van der Waals surface area contributed by atoms with Crippen LogP contribution in [0.2, 0.25) is 0 Å². The number of amides is 2. The van der Waals surface area contributed by atoms with Crippen LogP contribution in [0.5, 0.6) is 0 Å². The molecule has 0 spiro atoms. The standard InChI is InChI=1S/C16H19N5O9S.Na/c1-27-4-7-3-16(14(25)26,30-13(7)24)21-12(23)8(5-29-21)18-11(22)10(20-28-2)9-6-31-15(17)19-9;/h6-8H,3-5H2,1-2H3,(H2,17,19)(H,18,22)(H,25,26);/q;+1/p-1/t7?,8-,16?;/m0./s1. The minimum absolute atomic E-state index is 0. The van der Waals surface area contributed by atoms with E-state index in [-0.39, 0.29) is 52.7 Å². The van der Waals surface area contributed by atoms with Gasteiger partial charge in [0.1, 0.15) is 31.4 Å². The van der Waals surface area contributed by atoms with E-state index in [1.165, 1.54) is 19.6 Å². The van der Waals surface area contributed by atoms with Crippen molar-refractivity contribution in [1.29, 1.82) is 0 Å². The van der Waals surface area contributed by atoms with Gasteiger partial charge in [0.05, 0.1) is 12.5 Å². The van der Waals surface area contributed by atoms with Crippen LogP contribution in [-0.4, -0.2) is 78.7 Å². The zero-order chi connectivity index (χ0) is 22.8. The minimum atomic E-state index is -2.48. The molecule has 0 saturated carbocycles. The van der Waals surface area contributed by atoms with E-state index in [0.717, 1.165) is 11.3 Å².